The molecule has 0 aliphatic carbocycles. The Labute approximate surface area is 234 Å². The van der Waals surface area contributed by atoms with Gasteiger partial charge in [0.25, 0.3) is 0 Å². The first-order chi connectivity index (χ1) is 17.5. The van der Waals surface area contributed by atoms with Crippen LogP contribution in [0.1, 0.15) is 90.5 Å². The van der Waals surface area contributed by atoms with Crippen molar-refractivity contribution < 1.29 is 9.59 Å². The highest BCUT2D eigenvalue weighted by Crippen LogP contribution is 2.28. The van der Waals surface area contributed by atoms with Gasteiger partial charge in [-0.05, 0) is 82.1 Å². The topological polar surface area (TPSA) is 53.5 Å². The Kier molecular flexibility index (Phi) is 20.2. The first-order valence-corrected chi connectivity index (χ1v) is 15.0. The number of rotatable bonds is 7. The van der Waals surface area contributed by atoms with Gasteiger partial charge in [0, 0.05) is 5.92 Å². The summed E-state index contributed by atoms with van der Waals surface area (Å²) in [6, 6.07) is 7.90. The van der Waals surface area contributed by atoms with E-state index < -0.39 is 0 Å². The number of ketones is 2. The van der Waals surface area contributed by atoms with Crippen LogP contribution in [-0.4, -0.2) is 54.5 Å². The fourth-order valence-electron chi connectivity index (χ4n) is 3.59. The zero-order chi connectivity index (χ0) is 29.3. The fraction of sp³-hybridized carbons (Fsp3) is 0.567. The van der Waals surface area contributed by atoms with Gasteiger partial charge in [0.2, 0.25) is 0 Å². The Hall–Kier alpha value is -1.93. The maximum atomic E-state index is 12.4. The normalized spacial score (nSPS) is 11.7. The van der Waals surface area contributed by atoms with Crippen molar-refractivity contribution in [2.45, 2.75) is 81.3 Å². The van der Waals surface area contributed by atoms with Crippen LogP contribution in [0.3, 0.4) is 0 Å². The van der Waals surface area contributed by atoms with E-state index in [1.165, 1.54) is 4.70 Å². The van der Waals surface area contributed by atoms with E-state index >= 15 is 0 Å². The molecule has 1 aromatic carbocycles. The molecule has 2 unspecified atom stereocenters. The summed E-state index contributed by atoms with van der Waals surface area (Å²) < 4.78 is 1.18. The number of benzene rings is 1. The molecule has 210 valence electrons. The van der Waals surface area contributed by atoms with Gasteiger partial charge in [-0.25, -0.2) is 4.98 Å². The van der Waals surface area contributed by atoms with Crippen molar-refractivity contribution in [1.29, 1.82) is 0 Å². The molecule has 0 aliphatic rings. The number of Topliss-reactive ketones (excluding diaryl/α,β-unsaturated/α-hetero) is 2. The molecule has 0 bridgehead atoms. The van der Waals surface area contributed by atoms with Gasteiger partial charge in [0.1, 0.15) is 0 Å². The second-order valence-electron chi connectivity index (χ2n) is 8.42. The Bertz CT molecular complexity index is 1010. The number of carbonyl (C=O) groups is 2. The van der Waals surface area contributed by atoms with E-state index in [1.807, 2.05) is 129 Å². The third-order valence-corrected chi connectivity index (χ3v) is 6.60. The highest BCUT2D eigenvalue weighted by Gasteiger charge is 2.25. The minimum absolute atomic E-state index is 0.0280. The summed E-state index contributed by atoms with van der Waals surface area (Å²) in [5.74, 6) is 0.468. The maximum absolute atomic E-state index is 12.4. The van der Waals surface area contributed by atoms with Crippen molar-refractivity contribution in [1.82, 2.24) is 14.8 Å². The van der Waals surface area contributed by atoms with Crippen LogP contribution in [0.5, 0.6) is 0 Å². The molecule has 7 heteroatoms. The van der Waals surface area contributed by atoms with Crippen molar-refractivity contribution in [2.24, 2.45) is 5.92 Å². The molecule has 0 amide bonds. The van der Waals surface area contributed by atoms with Crippen molar-refractivity contribution >= 4 is 44.5 Å². The monoisotopic (exact) mass is 549 g/mol. The second-order valence-corrected chi connectivity index (χ2v) is 10.4. The smallest absolute Gasteiger partial charge is 0.156 e. The van der Waals surface area contributed by atoms with Crippen LogP contribution in [0.25, 0.3) is 10.2 Å². The first-order valence-electron chi connectivity index (χ1n) is 13.3. The second kappa shape index (κ2) is 20.1. The molecule has 5 nitrogen and oxygen atoms in total. The van der Waals surface area contributed by atoms with Crippen molar-refractivity contribution in [2.75, 3.05) is 28.2 Å². The Morgan fingerprint density at radius 2 is 1.38 bits per heavy atom. The van der Waals surface area contributed by atoms with Gasteiger partial charge in [-0.3, -0.25) is 19.4 Å². The quantitative estimate of drug-likeness (QED) is 0.296. The summed E-state index contributed by atoms with van der Waals surface area (Å²) in [6.45, 7) is 19.5. The average Bonchev–Trinajstić information content (AvgIpc) is 3.51. The van der Waals surface area contributed by atoms with Crippen molar-refractivity contribution in [3.63, 3.8) is 0 Å². The van der Waals surface area contributed by atoms with E-state index in [9.17, 15) is 9.59 Å². The third-order valence-electron chi connectivity index (χ3n) is 4.95. The van der Waals surface area contributed by atoms with Gasteiger partial charge in [-0.2, -0.15) is 11.3 Å². The zero-order valence-corrected chi connectivity index (χ0v) is 27.3. The molecule has 2 heterocycles. The lowest BCUT2D eigenvalue weighted by atomic mass is 9.94. The van der Waals surface area contributed by atoms with Crippen LogP contribution in [0.4, 0.5) is 0 Å². The predicted molar refractivity (Wildman–Crippen MR) is 166 cm³/mol. The maximum Gasteiger partial charge on any atom is 0.156 e. The molecular weight excluding hydrogens is 498 g/mol. The van der Waals surface area contributed by atoms with Crippen LogP contribution >= 0.6 is 22.7 Å². The number of carbonyl (C=O) groups excluding carboxylic acids is 2. The number of aromatic nitrogens is 1. The minimum Gasteiger partial charge on any atom is -0.298 e. The van der Waals surface area contributed by atoms with E-state index in [0.29, 0.717) is 0 Å². The average molecular weight is 550 g/mol. The van der Waals surface area contributed by atoms with E-state index in [2.05, 4.69) is 11.1 Å². The molecule has 0 N–H and O–H groups in total. The Morgan fingerprint density at radius 1 is 0.838 bits per heavy atom. The number of nitrogens with zero attached hydrogens (tertiary/aromatic N) is 3. The summed E-state index contributed by atoms with van der Waals surface area (Å²) in [6.07, 6.45) is 0. The summed E-state index contributed by atoms with van der Waals surface area (Å²) >= 11 is 3.31. The molecule has 0 radical (unpaired) electrons. The summed E-state index contributed by atoms with van der Waals surface area (Å²) in [5, 5.41) is 5.07. The van der Waals surface area contributed by atoms with Crippen LogP contribution in [0, 0.1) is 12.8 Å². The van der Waals surface area contributed by atoms with Gasteiger partial charge < -0.3 is 0 Å². The Balaban J connectivity index is 0. The molecular formula is C30H51N3O2S2. The largest absolute Gasteiger partial charge is 0.298 e. The summed E-state index contributed by atoms with van der Waals surface area (Å²) in [7, 11) is 7.73. The van der Waals surface area contributed by atoms with Gasteiger partial charge in [0.05, 0.1) is 27.3 Å². The summed E-state index contributed by atoms with van der Waals surface area (Å²) in [4.78, 5) is 32.0. The zero-order valence-electron chi connectivity index (χ0n) is 25.7. The standard InChI is InChI=1S/C15H20N2OS.C9H13NOS.3C2H6/c1-9(2)15(18)14(17(4)5)11-6-7-13-12(8-11)16-10(3)19-13;1-7(11)9(10(2)3)8-4-5-12-6-8;3*1-2/h6-9,14H,1-5H3;4-6,9H,1-3H3;3*1-2H3. The van der Waals surface area contributed by atoms with Gasteiger partial charge in [-0.15, -0.1) is 11.3 Å². The molecule has 0 aliphatic heterocycles. The lowest BCUT2D eigenvalue weighted by molar-refractivity contribution is -0.126. The molecule has 0 fully saturated rings. The highest BCUT2D eigenvalue weighted by molar-refractivity contribution is 7.18. The lowest BCUT2D eigenvalue weighted by Gasteiger charge is -2.25. The number of aryl methyl sites for hydroxylation is 1. The van der Waals surface area contributed by atoms with Crippen molar-refractivity contribution in [3.8, 4) is 0 Å². The number of hydrogen-bond acceptors (Lipinski definition) is 7. The molecule has 0 spiro atoms. The predicted octanol–water partition coefficient (Wildman–Crippen LogP) is 8.45. The van der Waals surface area contributed by atoms with Crippen LogP contribution < -0.4 is 0 Å². The third kappa shape index (κ3) is 12.0. The Morgan fingerprint density at radius 3 is 1.78 bits per heavy atom. The number of likely N-dealkylation sites (N-methyl/N-ethyl adjacent to an activating group) is 2. The molecule has 3 rings (SSSR count). The highest BCUT2D eigenvalue weighted by atomic mass is 32.1. The lowest BCUT2D eigenvalue weighted by Crippen LogP contribution is -2.30. The molecule has 0 saturated heterocycles. The summed E-state index contributed by atoms with van der Waals surface area (Å²) in [5.41, 5.74) is 3.11. The molecule has 3 aromatic rings. The number of thiophene rings is 1. The SMILES string of the molecule is CC.CC.CC.CC(=O)C(c1ccsc1)N(C)C.Cc1nc2cc(C(C(=O)C(C)C)N(C)C)ccc2s1. The minimum atomic E-state index is -0.189. The molecule has 0 saturated carbocycles. The van der Waals surface area contributed by atoms with Gasteiger partial charge in [0.15, 0.2) is 11.6 Å². The number of thiazole rings is 1. The number of fused-ring (bicyclic) bond motifs is 1. The van der Waals surface area contributed by atoms with Crippen LogP contribution in [0.15, 0.2) is 35.0 Å². The van der Waals surface area contributed by atoms with Gasteiger partial charge >= 0.3 is 0 Å². The van der Waals surface area contributed by atoms with Crippen LogP contribution in [-0.2, 0) is 9.59 Å². The number of hydrogen-bond donors (Lipinski definition) is 0. The molecule has 37 heavy (non-hydrogen) atoms. The van der Waals surface area contributed by atoms with E-state index in [4.69, 9.17) is 0 Å². The van der Waals surface area contributed by atoms with E-state index in [0.717, 1.165) is 21.7 Å². The van der Waals surface area contributed by atoms with E-state index in [-0.39, 0.29) is 29.6 Å². The molecule has 2 atom stereocenters. The molecule has 2 aromatic heterocycles. The van der Waals surface area contributed by atoms with Crippen LogP contribution in [0.2, 0.25) is 0 Å². The van der Waals surface area contributed by atoms with Crippen molar-refractivity contribution in [3.05, 3.63) is 51.2 Å². The van der Waals surface area contributed by atoms with E-state index in [1.54, 1.807) is 29.6 Å². The first kappa shape index (κ1) is 37.2. The van der Waals surface area contributed by atoms with Gasteiger partial charge in [-0.1, -0.05) is 61.5 Å². The fourth-order valence-corrected chi connectivity index (χ4v) is 5.08.